The second-order valence-corrected chi connectivity index (χ2v) is 5.00. The summed E-state index contributed by atoms with van der Waals surface area (Å²) in [6.45, 7) is 2.79. The summed E-state index contributed by atoms with van der Waals surface area (Å²) in [4.78, 5) is 12.1. The van der Waals surface area contributed by atoms with Crippen molar-refractivity contribution in [1.82, 2.24) is 9.78 Å². The van der Waals surface area contributed by atoms with Crippen molar-refractivity contribution in [2.75, 3.05) is 0 Å². The number of ketones is 1. The van der Waals surface area contributed by atoms with Crippen molar-refractivity contribution < 1.29 is 4.79 Å². The Morgan fingerprint density at radius 2 is 2.18 bits per heavy atom. The number of Topliss-reactive ketones (excluding diaryl/α,β-unsaturated/α-hetero) is 1. The molecular formula is C14H22N2O. The molecule has 3 nitrogen and oxygen atoms in total. The van der Waals surface area contributed by atoms with E-state index < -0.39 is 0 Å². The first-order chi connectivity index (χ1) is 8.31. The first kappa shape index (κ1) is 12.3. The fourth-order valence-corrected chi connectivity index (χ4v) is 2.76. The van der Waals surface area contributed by atoms with Crippen LogP contribution < -0.4 is 0 Å². The van der Waals surface area contributed by atoms with Crippen LogP contribution in [0, 0.1) is 5.92 Å². The molecule has 0 radical (unpaired) electrons. The second kappa shape index (κ2) is 5.99. The van der Waals surface area contributed by atoms with Gasteiger partial charge in [0.2, 0.25) is 0 Å². The van der Waals surface area contributed by atoms with Crippen LogP contribution in [-0.2, 0) is 6.54 Å². The van der Waals surface area contributed by atoms with Crippen LogP contribution in [0.15, 0.2) is 12.3 Å². The maximum Gasteiger partial charge on any atom is 0.180 e. The Morgan fingerprint density at radius 1 is 1.41 bits per heavy atom. The van der Waals surface area contributed by atoms with Crippen molar-refractivity contribution in [2.24, 2.45) is 5.92 Å². The van der Waals surface area contributed by atoms with Gasteiger partial charge in [0.1, 0.15) is 5.69 Å². The Balaban J connectivity index is 1.84. The summed E-state index contributed by atoms with van der Waals surface area (Å²) in [5.74, 6) is 1.04. The molecule has 0 unspecified atom stereocenters. The van der Waals surface area contributed by atoms with Crippen molar-refractivity contribution in [1.29, 1.82) is 0 Å². The molecule has 2 rings (SSSR count). The minimum Gasteiger partial charge on any atom is -0.292 e. The SMILES string of the molecule is CCn1nccc1C(=O)CCC1CCCCC1. The summed E-state index contributed by atoms with van der Waals surface area (Å²) in [6, 6.07) is 1.84. The summed E-state index contributed by atoms with van der Waals surface area (Å²) in [5.41, 5.74) is 0.781. The maximum absolute atomic E-state index is 12.1. The number of rotatable bonds is 5. The molecule has 3 heteroatoms. The standard InChI is InChI=1S/C14H22N2O/c1-2-16-13(10-11-15-16)14(17)9-8-12-6-4-3-5-7-12/h10-12H,2-9H2,1H3. The zero-order chi connectivity index (χ0) is 12.1. The molecule has 0 N–H and O–H groups in total. The summed E-state index contributed by atoms with van der Waals surface area (Å²) in [6.07, 6.45) is 10.2. The quantitative estimate of drug-likeness (QED) is 0.731. The molecular weight excluding hydrogens is 212 g/mol. The van der Waals surface area contributed by atoms with Crippen molar-refractivity contribution in [3.8, 4) is 0 Å². The lowest BCUT2D eigenvalue weighted by Gasteiger charge is -2.20. The van der Waals surface area contributed by atoms with Gasteiger partial charge in [-0.15, -0.1) is 0 Å². The van der Waals surface area contributed by atoms with Gasteiger partial charge in [0, 0.05) is 19.2 Å². The van der Waals surface area contributed by atoms with Crippen LogP contribution in [-0.4, -0.2) is 15.6 Å². The number of hydrogen-bond acceptors (Lipinski definition) is 2. The average Bonchev–Trinajstić information content (AvgIpc) is 2.85. The van der Waals surface area contributed by atoms with E-state index in [1.165, 1.54) is 32.1 Å². The van der Waals surface area contributed by atoms with Gasteiger partial charge in [-0.3, -0.25) is 9.48 Å². The van der Waals surface area contributed by atoms with E-state index in [-0.39, 0.29) is 5.78 Å². The van der Waals surface area contributed by atoms with Crippen LogP contribution in [0.2, 0.25) is 0 Å². The average molecular weight is 234 g/mol. The third-order valence-electron chi connectivity index (χ3n) is 3.81. The number of carbonyl (C=O) groups is 1. The largest absolute Gasteiger partial charge is 0.292 e. The van der Waals surface area contributed by atoms with E-state index in [2.05, 4.69) is 5.10 Å². The molecule has 0 saturated heterocycles. The highest BCUT2D eigenvalue weighted by atomic mass is 16.1. The van der Waals surface area contributed by atoms with Gasteiger partial charge in [-0.2, -0.15) is 5.10 Å². The molecule has 1 fully saturated rings. The first-order valence-corrected chi connectivity index (χ1v) is 6.86. The number of carbonyl (C=O) groups excluding carboxylic acids is 1. The monoisotopic (exact) mass is 234 g/mol. The third kappa shape index (κ3) is 3.18. The molecule has 1 aromatic heterocycles. The molecule has 0 amide bonds. The predicted molar refractivity (Wildman–Crippen MR) is 68.0 cm³/mol. The Morgan fingerprint density at radius 3 is 2.88 bits per heavy atom. The minimum absolute atomic E-state index is 0.259. The van der Waals surface area contributed by atoms with E-state index in [0.717, 1.165) is 24.6 Å². The van der Waals surface area contributed by atoms with Crippen LogP contribution in [0.25, 0.3) is 0 Å². The molecule has 1 heterocycles. The highest BCUT2D eigenvalue weighted by molar-refractivity contribution is 5.94. The van der Waals surface area contributed by atoms with E-state index in [4.69, 9.17) is 0 Å². The smallest absolute Gasteiger partial charge is 0.180 e. The first-order valence-electron chi connectivity index (χ1n) is 6.86. The molecule has 1 aromatic rings. The van der Waals surface area contributed by atoms with Gasteiger partial charge >= 0.3 is 0 Å². The molecule has 94 valence electrons. The van der Waals surface area contributed by atoms with Crippen molar-refractivity contribution in [2.45, 2.75) is 58.4 Å². The van der Waals surface area contributed by atoms with Crippen LogP contribution in [0.5, 0.6) is 0 Å². The van der Waals surface area contributed by atoms with Crippen molar-refractivity contribution in [3.63, 3.8) is 0 Å². The molecule has 0 aromatic carbocycles. The van der Waals surface area contributed by atoms with Gasteiger partial charge in [-0.05, 0) is 25.3 Å². The highest BCUT2D eigenvalue weighted by Gasteiger charge is 2.17. The molecule has 1 saturated carbocycles. The normalized spacial score (nSPS) is 17.2. The van der Waals surface area contributed by atoms with Gasteiger partial charge in [0.25, 0.3) is 0 Å². The van der Waals surface area contributed by atoms with Gasteiger partial charge in [-0.1, -0.05) is 32.1 Å². The van der Waals surface area contributed by atoms with E-state index >= 15 is 0 Å². The van der Waals surface area contributed by atoms with Gasteiger partial charge in [-0.25, -0.2) is 0 Å². The van der Waals surface area contributed by atoms with E-state index in [0.29, 0.717) is 6.42 Å². The fourth-order valence-electron chi connectivity index (χ4n) is 2.76. The summed E-state index contributed by atoms with van der Waals surface area (Å²) < 4.78 is 1.79. The predicted octanol–water partition coefficient (Wildman–Crippen LogP) is 3.45. The summed E-state index contributed by atoms with van der Waals surface area (Å²) in [7, 11) is 0. The molecule has 0 atom stereocenters. The van der Waals surface area contributed by atoms with E-state index in [9.17, 15) is 4.79 Å². The lowest BCUT2D eigenvalue weighted by molar-refractivity contribution is 0.0960. The molecule has 0 aliphatic heterocycles. The Hall–Kier alpha value is -1.12. The second-order valence-electron chi connectivity index (χ2n) is 5.00. The Bertz CT molecular complexity index is 364. The summed E-state index contributed by atoms with van der Waals surface area (Å²) >= 11 is 0. The fraction of sp³-hybridized carbons (Fsp3) is 0.714. The highest BCUT2D eigenvalue weighted by Crippen LogP contribution is 2.27. The van der Waals surface area contributed by atoms with Gasteiger partial charge < -0.3 is 0 Å². The lowest BCUT2D eigenvalue weighted by atomic mass is 9.85. The molecule has 17 heavy (non-hydrogen) atoms. The summed E-state index contributed by atoms with van der Waals surface area (Å²) in [5, 5.41) is 4.15. The topological polar surface area (TPSA) is 34.9 Å². The van der Waals surface area contributed by atoms with Crippen LogP contribution >= 0.6 is 0 Å². The molecule has 1 aliphatic rings. The van der Waals surface area contributed by atoms with Gasteiger partial charge in [0.05, 0.1) is 0 Å². The number of aromatic nitrogens is 2. The number of aryl methyl sites for hydroxylation is 1. The van der Waals surface area contributed by atoms with Gasteiger partial charge in [0.15, 0.2) is 5.78 Å². The molecule has 0 spiro atoms. The maximum atomic E-state index is 12.1. The van der Waals surface area contributed by atoms with Crippen molar-refractivity contribution in [3.05, 3.63) is 18.0 Å². The molecule has 0 bridgehead atoms. The van der Waals surface area contributed by atoms with Crippen LogP contribution in [0.3, 0.4) is 0 Å². The van der Waals surface area contributed by atoms with Crippen LogP contribution in [0.4, 0.5) is 0 Å². The third-order valence-corrected chi connectivity index (χ3v) is 3.81. The minimum atomic E-state index is 0.259. The van der Waals surface area contributed by atoms with E-state index in [1.54, 1.807) is 10.9 Å². The van der Waals surface area contributed by atoms with E-state index in [1.807, 2.05) is 13.0 Å². The zero-order valence-electron chi connectivity index (χ0n) is 10.7. The van der Waals surface area contributed by atoms with Crippen LogP contribution in [0.1, 0.15) is 62.4 Å². The number of nitrogens with zero attached hydrogens (tertiary/aromatic N) is 2. The molecule has 1 aliphatic carbocycles. The van der Waals surface area contributed by atoms with Crippen molar-refractivity contribution >= 4 is 5.78 Å². The Kier molecular flexibility index (Phi) is 4.35. The Labute approximate surface area is 103 Å². The lowest BCUT2D eigenvalue weighted by Crippen LogP contribution is -2.12. The zero-order valence-corrected chi connectivity index (χ0v) is 10.7. The number of hydrogen-bond donors (Lipinski definition) is 0.